The van der Waals surface area contributed by atoms with E-state index in [0.717, 1.165) is 40.9 Å². The number of pyridine rings is 1. The van der Waals surface area contributed by atoms with Crippen molar-refractivity contribution in [3.8, 4) is 11.1 Å². The Morgan fingerprint density at radius 2 is 2.14 bits per heavy atom. The fourth-order valence-electron chi connectivity index (χ4n) is 2.63. The zero-order valence-corrected chi connectivity index (χ0v) is 12.9. The minimum atomic E-state index is 0.728. The predicted molar refractivity (Wildman–Crippen MR) is 91.2 cm³/mol. The first kappa shape index (κ1) is 14.0. The quantitative estimate of drug-likeness (QED) is 0.854. The molecule has 0 spiro atoms. The minimum absolute atomic E-state index is 0.728. The van der Waals surface area contributed by atoms with Gasteiger partial charge in [-0.3, -0.25) is 4.98 Å². The molecule has 2 aromatic rings. The van der Waals surface area contributed by atoms with Gasteiger partial charge in [0.2, 0.25) is 0 Å². The fraction of sp³-hybridized carbons (Fsp3) is 0.294. The molecule has 1 unspecified atom stereocenters. The number of nitrogens with one attached hydrogen (secondary N) is 1. The third-order valence-corrected chi connectivity index (χ3v) is 4.18. The van der Waals surface area contributed by atoms with Gasteiger partial charge in [-0.25, -0.2) is 0 Å². The van der Waals surface area contributed by atoms with E-state index in [1.54, 1.807) is 6.20 Å². The number of anilines is 1. The Kier molecular flexibility index (Phi) is 4.15. The van der Waals surface area contributed by atoms with E-state index in [2.05, 4.69) is 40.3 Å². The molecule has 21 heavy (non-hydrogen) atoms. The van der Waals surface area contributed by atoms with E-state index < -0.39 is 0 Å². The van der Waals surface area contributed by atoms with Gasteiger partial charge >= 0.3 is 0 Å². The number of benzene rings is 1. The summed E-state index contributed by atoms with van der Waals surface area (Å²) in [5.74, 6) is 0.728. The van der Waals surface area contributed by atoms with Gasteiger partial charge < -0.3 is 10.2 Å². The van der Waals surface area contributed by atoms with Crippen LogP contribution < -0.4 is 5.32 Å². The molecule has 0 radical (unpaired) electrons. The first-order valence-electron chi connectivity index (χ1n) is 7.29. The first-order chi connectivity index (χ1) is 10.2. The molecule has 1 aromatic carbocycles. The van der Waals surface area contributed by atoms with E-state index in [1.807, 2.05) is 24.4 Å². The lowest BCUT2D eigenvalue weighted by atomic mass is 10.1. The number of thiocarbonyl (C=S) groups is 1. The van der Waals surface area contributed by atoms with Crippen molar-refractivity contribution in [1.29, 1.82) is 0 Å². The minimum Gasteiger partial charge on any atom is -0.349 e. The molecule has 1 fully saturated rings. The molecule has 0 aliphatic carbocycles. The monoisotopic (exact) mass is 297 g/mol. The average molecular weight is 297 g/mol. The van der Waals surface area contributed by atoms with Crippen LogP contribution in [0, 0.1) is 5.92 Å². The summed E-state index contributed by atoms with van der Waals surface area (Å²) in [6, 6.07) is 12.3. The maximum Gasteiger partial charge on any atom is 0.173 e. The van der Waals surface area contributed by atoms with Crippen molar-refractivity contribution in [2.75, 3.05) is 18.4 Å². The Balaban J connectivity index is 1.73. The van der Waals surface area contributed by atoms with Crippen LogP contribution in [-0.2, 0) is 0 Å². The molecule has 108 valence electrons. The van der Waals surface area contributed by atoms with Gasteiger partial charge in [0.25, 0.3) is 0 Å². The Morgan fingerprint density at radius 3 is 2.86 bits per heavy atom. The second kappa shape index (κ2) is 6.22. The zero-order valence-electron chi connectivity index (χ0n) is 12.1. The molecule has 1 saturated heterocycles. The molecule has 0 amide bonds. The zero-order chi connectivity index (χ0) is 14.7. The van der Waals surface area contributed by atoms with Crippen LogP contribution in [0.4, 0.5) is 5.69 Å². The number of rotatable bonds is 2. The van der Waals surface area contributed by atoms with Crippen LogP contribution in [0.25, 0.3) is 11.1 Å². The molecule has 2 heterocycles. The van der Waals surface area contributed by atoms with E-state index in [9.17, 15) is 0 Å². The smallest absolute Gasteiger partial charge is 0.173 e. The molecular formula is C17H19N3S. The third-order valence-electron chi connectivity index (χ3n) is 3.82. The summed E-state index contributed by atoms with van der Waals surface area (Å²) in [4.78, 5) is 6.42. The van der Waals surface area contributed by atoms with Gasteiger partial charge in [0, 0.05) is 36.7 Å². The van der Waals surface area contributed by atoms with E-state index in [-0.39, 0.29) is 0 Å². The SMILES string of the molecule is CC1CCN(C(=S)Nc2cccc(-c3cccnc3)c2)C1. The summed E-state index contributed by atoms with van der Waals surface area (Å²) >= 11 is 5.51. The average Bonchev–Trinajstić information content (AvgIpc) is 2.95. The van der Waals surface area contributed by atoms with Crippen molar-refractivity contribution in [3.63, 3.8) is 0 Å². The second-order valence-corrected chi connectivity index (χ2v) is 5.98. The molecule has 4 heteroatoms. The van der Waals surface area contributed by atoms with Gasteiger partial charge in [-0.2, -0.15) is 0 Å². The number of nitrogens with zero attached hydrogens (tertiary/aromatic N) is 2. The van der Waals surface area contributed by atoms with Crippen molar-refractivity contribution in [2.45, 2.75) is 13.3 Å². The van der Waals surface area contributed by atoms with Crippen molar-refractivity contribution in [3.05, 3.63) is 48.8 Å². The normalized spacial score (nSPS) is 17.8. The van der Waals surface area contributed by atoms with Crippen molar-refractivity contribution >= 4 is 23.0 Å². The number of likely N-dealkylation sites (tertiary alicyclic amines) is 1. The number of hydrogen-bond acceptors (Lipinski definition) is 2. The van der Waals surface area contributed by atoms with Crippen LogP contribution in [0.3, 0.4) is 0 Å². The summed E-state index contributed by atoms with van der Waals surface area (Å²) in [7, 11) is 0. The van der Waals surface area contributed by atoms with E-state index in [0.29, 0.717) is 0 Å². The Labute approximate surface area is 131 Å². The van der Waals surface area contributed by atoms with E-state index in [4.69, 9.17) is 12.2 Å². The van der Waals surface area contributed by atoms with Crippen LogP contribution in [0.2, 0.25) is 0 Å². The first-order valence-corrected chi connectivity index (χ1v) is 7.69. The van der Waals surface area contributed by atoms with Gasteiger partial charge in [0.15, 0.2) is 5.11 Å². The summed E-state index contributed by atoms with van der Waals surface area (Å²) in [5, 5.41) is 4.17. The number of aromatic nitrogens is 1. The van der Waals surface area contributed by atoms with Crippen molar-refractivity contribution in [1.82, 2.24) is 9.88 Å². The van der Waals surface area contributed by atoms with Crippen LogP contribution in [-0.4, -0.2) is 28.1 Å². The molecule has 1 aliphatic heterocycles. The molecule has 1 aromatic heterocycles. The standard InChI is InChI=1S/C17H19N3S/c1-13-7-9-20(12-13)17(21)19-16-6-2-4-14(10-16)15-5-3-8-18-11-15/h2-6,8,10-11,13H,7,9,12H2,1H3,(H,19,21). The third kappa shape index (κ3) is 3.39. The Bertz CT molecular complexity index is 627. The molecular weight excluding hydrogens is 278 g/mol. The molecule has 1 N–H and O–H groups in total. The largest absolute Gasteiger partial charge is 0.349 e. The lowest BCUT2D eigenvalue weighted by Gasteiger charge is -2.20. The summed E-state index contributed by atoms with van der Waals surface area (Å²) in [6.07, 6.45) is 4.88. The summed E-state index contributed by atoms with van der Waals surface area (Å²) in [5.41, 5.74) is 3.29. The van der Waals surface area contributed by atoms with Gasteiger partial charge in [-0.05, 0) is 48.3 Å². The molecule has 1 atom stereocenters. The Hall–Kier alpha value is -1.94. The molecule has 3 rings (SSSR count). The van der Waals surface area contributed by atoms with Gasteiger partial charge in [0.05, 0.1) is 0 Å². The van der Waals surface area contributed by atoms with Gasteiger partial charge in [-0.1, -0.05) is 25.1 Å². The number of hydrogen-bond donors (Lipinski definition) is 1. The van der Waals surface area contributed by atoms with Crippen LogP contribution in [0.1, 0.15) is 13.3 Å². The molecule has 3 nitrogen and oxygen atoms in total. The highest BCUT2D eigenvalue weighted by atomic mass is 32.1. The lowest BCUT2D eigenvalue weighted by Crippen LogP contribution is -2.32. The van der Waals surface area contributed by atoms with Crippen LogP contribution in [0.15, 0.2) is 48.8 Å². The van der Waals surface area contributed by atoms with Crippen molar-refractivity contribution in [2.24, 2.45) is 5.92 Å². The van der Waals surface area contributed by atoms with Crippen LogP contribution >= 0.6 is 12.2 Å². The second-order valence-electron chi connectivity index (χ2n) is 5.59. The van der Waals surface area contributed by atoms with E-state index in [1.165, 1.54) is 6.42 Å². The highest BCUT2D eigenvalue weighted by Crippen LogP contribution is 2.22. The van der Waals surface area contributed by atoms with Gasteiger partial charge in [-0.15, -0.1) is 0 Å². The van der Waals surface area contributed by atoms with Gasteiger partial charge in [0.1, 0.15) is 0 Å². The highest BCUT2D eigenvalue weighted by Gasteiger charge is 2.20. The Morgan fingerprint density at radius 1 is 1.29 bits per heavy atom. The molecule has 0 bridgehead atoms. The predicted octanol–water partition coefficient (Wildman–Crippen LogP) is 3.79. The van der Waals surface area contributed by atoms with E-state index >= 15 is 0 Å². The summed E-state index contributed by atoms with van der Waals surface area (Å²) < 4.78 is 0. The maximum atomic E-state index is 5.51. The van der Waals surface area contributed by atoms with Crippen molar-refractivity contribution < 1.29 is 0 Å². The topological polar surface area (TPSA) is 28.2 Å². The molecule has 0 saturated carbocycles. The van der Waals surface area contributed by atoms with Crippen LogP contribution in [0.5, 0.6) is 0 Å². The lowest BCUT2D eigenvalue weighted by molar-refractivity contribution is 0.501. The summed E-state index contributed by atoms with van der Waals surface area (Å²) in [6.45, 7) is 4.37. The molecule has 1 aliphatic rings. The highest BCUT2D eigenvalue weighted by molar-refractivity contribution is 7.80. The fourth-order valence-corrected chi connectivity index (χ4v) is 2.92. The maximum absolute atomic E-state index is 5.51.